The zero-order chi connectivity index (χ0) is 14.0. The summed E-state index contributed by atoms with van der Waals surface area (Å²) < 4.78 is 8.39. The minimum Gasteiger partial charge on any atom is -0.469 e. The van der Waals surface area contributed by atoms with E-state index in [0.29, 0.717) is 0 Å². The second-order valence-electron chi connectivity index (χ2n) is 4.55. The molecular weight excluding hydrogens is 308 g/mol. The average molecular weight is 327 g/mol. The third-order valence-corrected chi connectivity index (χ3v) is 4.37. The van der Waals surface area contributed by atoms with Gasteiger partial charge in [0.1, 0.15) is 5.76 Å². The van der Waals surface area contributed by atoms with Crippen LogP contribution < -0.4 is 11.3 Å². The van der Waals surface area contributed by atoms with Crippen LogP contribution in [-0.2, 0) is 19.9 Å². The highest BCUT2D eigenvalue weighted by molar-refractivity contribution is 9.10. The van der Waals surface area contributed by atoms with E-state index in [1.807, 2.05) is 24.7 Å². The minimum absolute atomic E-state index is 0.0137. The summed E-state index contributed by atoms with van der Waals surface area (Å²) in [5.41, 5.74) is 6.07. The fourth-order valence-corrected chi connectivity index (χ4v) is 2.80. The van der Waals surface area contributed by atoms with Crippen molar-refractivity contribution in [3.63, 3.8) is 0 Å². The van der Waals surface area contributed by atoms with Crippen LogP contribution in [0.5, 0.6) is 0 Å². The van der Waals surface area contributed by atoms with Crippen LogP contribution in [0, 0.1) is 6.92 Å². The molecule has 0 saturated carbocycles. The van der Waals surface area contributed by atoms with Gasteiger partial charge in [-0.2, -0.15) is 5.10 Å². The summed E-state index contributed by atoms with van der Waals surface area (Å²) in [6.07, 6.45) is 3.31. The molecule has 0 aliphatic heterocycles. The maximum absolute atomic E-state index is 5.71. The summed E-state index contributed by atoms with van der Waals surface area (Å²) in [6, 6.07) is 1.99. The van der Waals surface area contributed by atoms with Gasteiger partial charge in [-0.25, -0.2) is 0 Å². The van der Waals surface area contributed by atoms with Gasteiger partial charge in [-0.3, -0.25) is 16.0 Å². The predicted octanol–water partition coefficient (Wildman–Crippen LogP) is 2.39. The molecule has 0 aromatic carbocycles. The molecule has 0 bridgehead atoms. The first kappa shape index (κ1) is 14.3. The molecular formula is C13H19BrN4O. The fourth-order valence-electron chi connectivity index (χ4n) is 2.30. The number of aryl methyl sites for hydroxylation is 3. The molecule has 19 heavy (non-hydrogen) atoms. The molecule has 0 radical (unpaired) electrons. The largest absolute Gasteiger partial charge is 0.469 e. The zero-order valence-corrected chi connectivity index (χ0v) is 13.0. The Hall–Kier alpha value is -1.11. The molecule has 0 aliphatic carbocycles. The van der Waals surface area contributed by atoms with Crippen molar-refractivity contribution in [3.05, 3.63) is 39.5 Å². The van der Waals surface area contributed by atoms with E-state index >= 15 is 0 Å². The Kier molecular flexibility index (Phi) is 4.44. The Morgan fingerprint density at radius 1 is 1.58 bits per heavy atom. The normalized spacial score (nSPS) is 12.9. The van der Waals surface area contributed by atoms with Crippen molar-refractivity contribution < 1.29 is 4.42 Å². The van der Waals surface area contributed by atoms with Crippen molar-refractivity contribution >= 4 is 15.9 Å². The molecule has 5 nitrogen and oxygen atoms in total. The zero-order valence-electron chi connectivity index (χ0n) is 11.4. The van der Waals surface area contributed by atoms with E-state index in [1.165, 1.54) is 0 Å². The number of furan rings is 1. The summed E-state index contributed by atoms with van der Waals surface area (Å²) in [6.45, 7) is 4.05. The Balaban J connectivity index is 2.29. The third-order valence-electron chi connectivity index (χ3n) is 3.34. The molecule has 0 saturated heterocycles. The Morgan fingerprint density at radius 2 is 2.32 bits per heavy atom. The van der Waals surface area contributed by atoms with Gasteiger partial charge in [0.05, 0.1) is 28.2 Å². The van der Waals surface area contributed by atoms with Crippen LogP contribution >= 0.6 is 15.9 Å². The van der Waals surface area contributed by atoms with Crippen LogP contribution in [0.2, 0.25) is 0 Å². The summed E-state index contributed by atoms with van der Waals surface area (Å²) in [5, 5.41) is 4.40. The van der Waals surface area contributed by atoms with Gasteiger partial charge >= 0.3 is 0 Å². The quantitative estimate of drug-likeness (QED) is 0.654. The van der Waals surface area contributed by atoms with Crippen LogP contribution in [0.1, 0.15) is 35.7 Å². The third kappa shape index (κ3) is 2.75. The van der Waals surface area contributed by atoms with E-state index in [9.17, 15) is 0 Å². The van der Waals surface area contributed by atoms with Gasteiger partial charge < -0.3 is 4.42 Å². The van der Waals surface area contributed by atoms with Crippen molar-refractivity contribution in [3.8, 4) is 0 Å². The second kappa shape index (κ2) is 5.90. The molecule has 1 unspecified atom stereocenters. The van der Waals surface area contributed by atoms with E-state index in [1.54, 1.807) is 6.26 Å². The molecule has 2 heterocycles. The summed E-state index contributed by atoms with van der Waals surface area (Å²) in [5.74, 6) is 6.68. The summed E-state index contributed by atoms with van der Waals surface area (Å²) in [7, 11) is 1.94. The molecule has 2 rings (SSSR count). The number of aromatic nitrogens is 2. The van der Waals surface area contributed by atoms with Gasteiger partial charge in [-0.15, -0.1) is 0 Å². The second-order valence-corrected chi connectivity index (χ2v) is 5.34. The molecule has 2 aromatic heterocycles. The van der Waals surface area contributed by atoms with Gasteiger partial charge in [0.15, 0.2) is 0 Å². The average Bonchev–Trinajstić information content (AvgIpc) is 2.95. The molecule has 3 N–H and O–H groups in total. The maximum Gasteiger partial charge on any atom is 0.108 e. The first-order valence-corrected chi connectivity index (χ1v) is 7.08. The summed E-state index contributed by atoms with van der Waals surface area (Å²) in [4.78, 5) is 0. The molecule has 0 spiro atoms. The van der Waals surface area contributed by atoms with Crippen LogP contribution in [0.25, 0.3) is 0 Å². The first-order valence-electron chi connectivity index (χ1n) is 6.28. The molecule has 6 heteroatoms. The standard InChI is InChI=1S/C13H19BrN4O/c1-4-12-9(5-6-19-12)10(16-15)7-11-13(14)8(2)17-18(11)3/h5-6,10,16H,4,7,15H2,1-3H3. The topological polar surface area (TPSA) is 69.0 Å². The number of nitrogens with two attached hydrogens (primary N) is 1. The van der Waals surface area contributed by atoms with Gasteiger partial charge in [0.25, 0.3) is 0 Å². The molecule has 0 fully saturated rings. The lowest BCUT2D eigenvalue weighted by atomic mass is 10.0. The van der Waals surface area contributed by atoms with Crippen molar-refractivity contribution in [1.29, 1.82) is 0 Å². The number of hydrazine groups is 1. The van der Waals surface area contributed by atoms with Crippen LogP contribution in [-0.4, -0.2) is 9.78 Å². The minimum atomic E-state index is 0.0137. The highest BCUT2D eigenvalue weighted by Gasteiger charge is 2.20. The number of halogens is 1. The maximum atomic E-state index is 5.71. The van der Waals surface area contributed by atoms with Gasteiger partial charge in [-0.1, -0.05) is 6.92 Å². The highest BCUT2D eigenvalue weighted by atomic mass is 79.9. The number of nitrogens with zero attached hydrogens (tertiary/aromatic N) is 2. The molecule has 0 amide bonds. The van der Waals surface area contributed by atoms with Crippen molar-refractivity contribution in [2.45, 2.75) is 32.7 Å². The lowest BCUT2D eigenvalue weighted by molar-refractivity contribution is 0.481. The molecule has 1 atom stereocenters. The van der Waals surface area contributed by atoms with Crippen molar-refractivity contribution in [2.75, 3.05) is 0 Å². The monoisotopic (exact) mass is 326 g/mol. The highest BCUT2D eigenvalue weighted by Crippen LogP contribution is 2.27. The molecule has 104 valence electrons. The van der Waals surface area contributed by atoms with Crippen LogP contribution in [0.4, 0.5) is 0 Å². The number of nitrogens with one attached hydrogen (secondary N) is 1. The van der Waals surface area contributed by atoms with Crippen LogP contribution in [0.15, 0.2) is 21.2 Å². The van der Waals surface area contributed by atoms with E-state index in [-0.39, 0.29) is 6.04 Å². The lowest BCUT2D eigenvalue weighted by Crippen LogP contribution is -2.30. The van der Waals surface area contributed by atoms with E-state index in [2.05, 4.69) is 33.4 Å². The van der Waals surface area contributed by atoms with Gasteiger partial charge in [0, 0.05) is 25.5 Å². The molecule has 0 aliphatic rings. The lowest BCUT2D eigenvalue weighted by Gasteiger charge is -2.16. The van der Waals surface area contributed by atoms with Crippen molar-refractivity contribution in [2.24, 2.45) is 12.9 Å². The SMILES string of the molecule is CCc1occc1C(Cc1c(Br)c(C)nn1C)NN. The number of rotatable bonds is 5. The fraction of sp³-hybridized carbons (Fsp3) is 0.462. The Bertz CT molecular complexity index is 561. The van der Waals surface area contributed by atoms with Gasteiger partial charge in [0.2, 0.25) is 0 Å². The number of hydrogen-bond acceptors (Lipinski definition) is 4. The van der Waals surface area contributed by atoms with E-state index in [4.69, 9.17) is 10.3 Å². The summed E-state index contributed by atoms with van der Waals surface area (Å²) >= 11 is 3.58. The number of hydrogen-bond donors (Lipinski definition) is 2. The first-order chi connectivity index (χ1) is 9.08. The van der Waals surface area contributed by atoms with E-state index in [0.717, 1.165) is 40.0 Å². The molecule has 2 aromatic rings. The smallest absolute Gasteiger partial charge is 0.108 e. The van der Waals surface area contributed by atoms with Crippen molar-refractivity contribution in [1.82, 2.24) is 15.2 Å². The van der Waals surface area contributed by atoms with E-state index < -0.39 is 0 Å². The Labute approximate surface area is 121 Å². The Morgan fingerprint density at radius 3 is 2.84 bits per heavy atom. The van der Waals surface area contributed by atoms with Gasteiger partial charge in [-0.05, 0) is 28.9 Å². The van der Waals surface area contributed by atoms with Crippen LogP contribution in [0.3, 0.4) is 0 Å². The predicted molar refractivity (Wildman–Crippen MR) is 77.5 cm³/mol.